The monoisotopic (exact) mass is 719 g/mol. The molecular weight excluding hydrogens is 683 g/mol. The molecule has 17 heteroatoms. The Labute approximate surface area is 294 Å². The molecule has 4 aromatic rings. The van der Waals surface area contributed by atoms with Gasteiger partial charge in [-0.1, -0.05) is 13.0 Å². The first-order valence-electron chi connectivity index (χ1n) is 17.2. The first-order chi connectivity index (χ1) is 24.8. The largest absolute Gasteiger partial charge is 0.504 e. The maximum atomic E-state index is 14.6. The highest BCUT2D eigenvalue weighted by Crippen LogP contribution is 2.45. The third kappa shape index (κ3) is 5.40. The van der Waals surface area contributed by atoms with Crippen molar-refractivity contribution in [2.24, 2.45) is 0 Å². The Bertz CT molecular complexity index is 2230. The fourth-order valence-corrected chi connectivity index (χ4v) is 7.94. The predicted octanol–water partition coefficient (Wildman–Crippen LogP) is 4.01. The number of nitrogens with zero attached hydrogens (tertiary/aromatic N) is 8. The molecule has 8 rings (SSSR count). The Morgan fingerprint density at radius 3 is 2.58 bits per heavy atom. The van der Waals surface area contributed by atoms with Gasteiger partial charge in [-0.25, -0.2) is 9.97 Å². The lowest BCUT2D eigenvalue weighted by Gasteiger charge is -2.54. The number of halogens is 3. The second kappa shape index (κ2) is 12.4. The van der Waals surface area contributed by atoms with Gasteiger partial charge in [0.25, 0.3) is 11.5 Å². The number of amides is 2. The van der Waals surface area contributed by atoms with Crippen molar-refractivity contribution in [1.82, 2.24) is 34.0 Å². The predicted molar refractivity (Wildman–Crippen MR) is 181 cm³/mol. The number of rotatable bonds is 5. The zero-order valence-corrected chi connectivity index (χ0v) is 28.6. The Balaban J connectivity index is 1.20. The smallest absolute Gasteiger partial charge is 0.416 e. The van der Waals surface area contributed by atoms with Gasteiger partial charge in [0.2, 0.25) is 11.7 Å². The van der Waals surface area contributed by atoms with E-state index >= 15 is 0 Å². The molecule has 1 saturated carbocycles. The van der Waals surface area contributed by atoms with Crippen LogP contribution in [0.4, 0.5) is 24.5 Å². The van der Waals surface area contributed by atoms with Crippen molar-refractivity contribution in [3.8, 4) is 5.75 Å². The average molecular weight is 720 g/mol. The molecule has 1 unspecified atom stereocenters. The zero-order chi connectivity index (χ0) is 36.6. The number of aromatic nitrogens is 6. The van der Waals surface area contributed by atoms with Crippen LogP contribution in [0, 0.1) is 13.8 Å². The third-order valence-corrected chi connectivity index (χ3v) is 10.8. The Morgan fingerprint density at radius 2 is 1.88 bits per heavy atom. The first kappa shape index (κ1) is 33.8. The van der Waals surface area contributed by atoms with Crippen LogP contribution in [-0.4, -0.2) is 89.3 Å². The van der Waals surface area contributed by atoms with Crippen molar-refractivity contribution in [2.75, 3.05) is 36.5 Å². The molecule has 4 aliphatic rings. The second-order valence-electron chi connectivity index (χ2n) is 13.8. The van der Waals surface area contributed by atoms with E-state index in [1.807, 2.05) is 17.9 Å². The molecule has 2 fully saturated rings. The highest BCUT2D eigenvalue weighted by Gasteiger charge is 2.49. The van der Waals surface area contributed by atoms with E-state index in [1.54, 1.807) is 16.4 Å². The fraction of sp³-hybridized carbons (Fsp3) is 0.457. The van der Waals surface area contributed by atoms with E-state index in [1.165, 1.54) is 23.8 Å². The second-order valence-corrected chi connectivity index (χ2v) is 13.8. The van der Waals surface area contributed by atoms with Crippen LogP contribution in [0.25, 0.3) is 11.4 Å². The van der Waals surface area contributed by atoms with Crippen molar-refractivity contribution in [3.05, 3.63) is 75.0 Å². The van der Waals surface area contributed by atoms with Gasteiger partial charge in [0.15, 0.2) is 17.3 Å². The van der Waals surface area contributed by atoms with Crippen LogP contribution in [0.2, 0.25) is 0 Å². The molecule has 3 aliphatic heterocycles. The van der Waals surface area contributed by atoms with Crippen molar-refractivity contribution < 1.29 is 32.6 Å². The summed E-state index contributed by atoms with van der Waals surface area (Å²) in [6.45, 7) is 6.41. The van der Waals surface area contributed by atoms with Gasteiger partial charge >= 0.3 is 6.18 Å². The zero-order valence-electron chi connectivity index (χ0n) is 28.6. The van der Waals surface area contributed by atoms with Gasteiger partial charge in [0, 0.05) is 30.7 Å². The summed E-state index contributed by atoms with van der Waals surface area (Å²) in [5.41, 5.74) is 1.31. The lowest BCUT2D eigenvalue weighted by atomic mass is 9.81. The molecule has 3 aromatic heterocycles. The van der Waals surface area contributed by atoms with E-state index in [2.05, 4.69) is 20.4 Å². The molecule has 4 atom stereocenters. The van der Waals surface area contributed by atoms with Crippen molar-refractivity contribution in [2.45, 2.75) is 76.7 Å². The molecular formula is C35H36F3N9O5. The summed E-state index contributed by atoms with van der Waals surface area (Å²) in [6, 6.07) is 1.82. The van der Waals surface area contributed by atoms with Gasteiger partial charge in [0.1, 0.15) is 18.1 Å². The summed E-state index contributed by atoms with van der Waals surface area (Å²) < 4.78 is 48.6. The highest BCUT2D eigenvalue weighted by atomic mass is 19.4. The number of aryl methyl sites for hydroxylation is 2. The number of fused-ring (bicyclic) bond motifs is 4. The van der Waals surface area contributed by atoms with E-state index in [-0.39, 0.29) is 53.0 Å². The normalized spacial score (nSPS) is 22.8. The highest BCUT2D eigenvalue weighted by molar-refractivity contribution is 5.96. The molecule has 14 nitrogen and oxygen atoms in total. The Kier molecular flexibility index (Phi) is 8.08. The molecule has 2 N–H and O–H groups in total. The van der Waals surface area contributed by atoms with E-state index < -0.39 is 35.2 Å². The number of piperazine rings is 1. The summed E-state index contributed by atoms with van der Waals surface area (Å²) in [6.07, 6.45) is 0.796. The lowest BCUT2D eigenvalue weighted by molar-refractivity contribution is -0.137. The van der Waals surface area contributed by atoms with Crippen molar-refractivity contribution in [1.29, 1.82) is 0 Å². The minimum atomic E-state index is -4.53. The summed E-state index contributed by atoms with van der Waals surface area (Å²) in [7, 11) is 0. The summed E-state index contributed by atoms with van der Waals surface area (Å²) >= 11 is 0. The number of hydrogen-bond acceptors (Lipinski definition) is 10. The van der Waals surface area contributed by atoms with Crippen molar-refractivity contribution >= 4 is 34.5 Å². The maximum absolute atomic E-state index is 14.6. The first-order valence-corrected chi connectivity index (χ1v) is 17.2. The molecule has 1 aromatic carbocycles. The molecule has 272 valence electrons. The topological polar surface area (TPSA) is 160 Å². The number of hydrogen-bond donors (Lipinski definition) is 2. The third-order valence-electron chi connectivity index (χ3n) is 10.8. The number of carbonyl (C=O) groups is 2. The van der Waals surface area contributed by atoms with Crippen LogP contribution in [0.3, 0.4) is 0 Å². The van der Waals surface area contributed by atoms with E-state index in [4.69, 9.17) is 9.72 Å². The summed E-state index contributed by atoms with van der Waals surface area (Å²) in [4.78, 5) is 58.9. The van der Waals surface area contributed by atoms with E-state index in [0.29, 0.717) is 68.3 Å². The maximum Gasteiger partial charge on any atom is 0.416 e. The van der Waals surface area contributed by atoms with Crippen LogP contribution in [0.5, 0.6) is 5.75 Å². The minimum Gasteiger partial charge on any atom is -0.504 e. The number of aromatic hydroxyl groups is 1. The van der Waals surface area contributed by atoms with Gasteiger partial charge < -0.3 is 25.0 Å². The fourth-order valence-electron chi connectivity index (χ4n) is 7.94. The number of anilines is 2. The van der Waals surface area contributed by atoms with Gasteiger partial charge in [-0.2, -0.15) is 22.7 Å². The van der Waals surface area contributed by atoms with Gasteiger partial charge in [-0.15, -0.1) is 5.10 Å². The van der Waals surface area contributed by atoms with Crippen molar-refractivity contribution in [3.63, 3.8) is 0 Å². The molecule has 1 saturated heterocycles. The molecule has 0 radical (unpaired) electrons. The number of carbonyl (C=O) groups excluding carboxylic acids is 2. The number of benzene rings is 1. The summed E-state index contributed by atoms with van der Waals surface area (Å²) in [5.74, 6) is -0.896. The Hall–Kier alpha value is -5.32. The van der Waals surface area contributed by atoms with E-state index in [0.717, 1.165) is 17.7 Å². The van der Waals surface area contributed by atoms with Gasteiger partial charge in [-0.3, -0.25) is 19.0 Å². The molecule has 1 aliphatic carbocycles. The van der Waals surface area contributed by atoms with Crippen LogP contribution >= 0.6 is 0 Å². The standard InChI is InChI=1S/C35H36F3N9O5/c1-17-14-21(35(36,37)38)4-5-22(17)41-31(49)25-15-18(2)27-28(33(51)47-34(46(25)27)42-30(43-47)20-8-12-52-13-9-20)44-10-11-45(24-7-6-23(24)44)32(50)26-29(48)19(3)39-16-40-26/h4-5,8,14,16,18,23-25,48H,6-7,9-13,15H2,1-3H3,(H,41,49)/t18-,23-,24?,25+/m0/s1. The Morgan fingerprint density at radius 1 is 1.10 bits per heavy atom. The number of nitrogens with one attached hydrogen (secondary N) is 1. The SMILES string of the molecule is Cc1cc(C(F)(F)F)ccc1NC(=O)[C@H]1C[C@H](C)c2c(N3CCN(C(=O)c4ncnc(C)c4O)C4CC[C@@H]43)c(=O)n3nc(C4=CCOCC4)nc3n21. The number of alkyl halides is 3. The van der Waals surface area contributed by atoms with Gasteiger partial charge in [-0.05, 0) is 68.9 Å². The van der Waals surface area contributed by atoms with Crippen LogP contribution in [0.15, 0.2) is 35.4 Å². The van der Waals surface area contributed by atoms with E-state index in [9.17, 15) is 32.7 Å². The van der Waals surface area contributed by atoms with Crippen LogP contribution in [-0.2, 0) is 15.7 Å². The average Bonchev–Trinajstić information content (AvgIpc) is 3.69. The molecule has 0 spiro atoms. The van der Waals surface area contributed by atoms with Crippen LogP contribution in [0.1, 0.15) is 83.4 Å². The lowest BCUT2D eigenvalue weighted by Crippen LogP contribution is -2.67. The molecule has 52 heavy (non-hydrogen) atoms. The minimum absolute atomic E-state index is 0.0719. The van der Waals surface area contributed by atoms with Gasteiger partial charge in [0.05, 0.1) is 36.2 Å². The molecule has 6 heterocycles. The molecule has 0 bridgehead atoms. The number of ether oxygens (including phenoxy) is 1. The summed E-state index contributed by atoms with van der Waals surface area (Å²) in [5, 5.41) is 18.0. The molecule has 2 amide bonds. The van der Waals surface area contributed by atoms with Crippen LogP contribution < -0.4 is 15.8 Å². The quantitative estimate of drug-likeness (QED) is 0.309.